The molecule has 0 unspecified atom stereocenters. The van der Waals surface area contributed by atoms with E-state index in [1.165, 1.54) is 25.3 Å². The largest absolute Gasteiger partial charge is 0.494 e. The van der Waals surface area contributed by atoms with Gasteiger partial charge in [0.25, 0.3) is 5.91 Å². The molecular weight excluding hydrogens is 325 g/mol. The number of urea groups is 1. The number of anilines is 2. The highest BCUT2D eigenvalue weighted by molar-refractivity contribution is 6.06. The first-order valence-corrected chi connectivity index (χ1v) is 7.71. The van der Waals surface area contributed by atoms with Crippen LogP contribution in [0, 0.1) is 5.82 Å². The lowest BCUT2D eigenvalue weighted by molar-refractivity contribution is 0.102. The molecule has 0 bridgehead atoms. The SMILES string of the molecule is COc1cc(F)ccc1NC(=O)c1cccc(NC(=O)NC(C)C)c1. The molecule has 25 heavy (non-hydrogen) atoms. The highest BCUT2D eigenvalue weighted by atomic mass is 19.1. The van der Waals surface area contributed by atoms with E-state index in [2.05, 4.69) is 16.0 Å². The van der Waals surface area contributed by atoms with Crippen LogP contribution in [0.2, 0.25) is 0 Å². The summed E-state index contributed by atoms with van der Waals surface area (Å²) in [6.45, 7) is 3.69. The molecule has 0 spiro atoms. The number of hydrogen-bond acceptors (Lipinski definition) is 3. The Labute approximate surface area is 145 Å². The number of benzene rings is 2. The molecular formula is C18H20FN3O3. The molecule has 0 aromatic heterocycles. The molecule has 0 aliphatic heterocycles. The number of amides is 3. The summed E-state index contributed by atoms with van der Waals surface area (Å²) in [6.07, 6.45) is 0. The summed E-state index contributed by atoms with van der Waals surface area (Å²) >= 11 is 0. The lowest BCUT2D eigenvalue weighted by Crippen LogP contribution is -2.34. The Balaban J connectivity index is 2.12. The Morgan fingerprint density at radius 1 is 1.08 bits per heavy atom. The minimum absolute atomic E-state index is 0.00239. The molecule has 7 heteroatoms. The second kappa shape index (κ2) is 8.14. The standard InChI is InChI=1S/C18H20FN3O3/c1-11(2)20-18(24)21-14-6-4-5-12(9-14)17(23)22-15-8-7-13(19)10-16(15)25-3/h4-11H,1-3H3,(H,22,23)(H2,20,21,24). The van der Waals surface area contributed by atoms with E-state index in [9.17, 15) is 14.0 Å². The molecule has 2 aromatic rings. The van der Waals surface area contributed by atoms with Crippen LogP contribution in [-0.2, 0) is 0 Å². The first-order chi connectivity index (χ1) is 11.9. The van der Waals surface area contributed by atoms with Gasteiger partial charge in [0.1, 0.15) is 11.6 Å². The highest BCUT2D eigenvalue weighted by Gasteiger charge is 2.12. The van der Waals surface area contributed by atoms with Crippen LogP contribution in [0.25, 0.3) is 0 Å². The van der Waals surface area contributed by atoms with Gasteiger partial charge in [-0.15, -0.1) is 0 Å². The van der Waals surface area contributed by atoms with Crippen LogP contribution in [0.3, 0.4) is 0 Å². The predicted octanol–water partition coefficient (Wildman–Crippen LogP) is 3.62. The molecule has 0 fully saturated rings. The fourth-order valence-corrected chi connectivity index (χ4v) is 2.13. The summed E-state index contributed by atoms with van der Waals surface area (Å²) in [7, 11) is 1.39. The third kappa shape index (κ3) is 5.20. The van der Waals surface area contributed by atoms with Gasteiger partial charge in [0.2, 0.25) is 0 Å². The van der Waals surface area contributed by atoms with Gasteiger partial charge in [0, 0.05) is 23.4 Å². The summed E-state index contributed by atoms with van der Waals surface area (Å²) < 4.78 is 18.3. The molecule has 0 saturated carbocycles. The molecule has 3 N–H and O–H groups in total. The summed E-state index contributed by atoms with van der Waals surface area (Å²) in [4.78, 5) is 24.1. The van der Waals surface area contributed by atoms with E-state index in [1.807, 2.05) is 13.8 Å². The first-order valence-electron chi connectivity index (χ1n) is 7.71. The maximum absolute atomic E-state index is 13.2. The van der Waals surface area contributed by atoms with Gasteiger partial charge in [-0.3, -0.25) is 4.79 Å². The number of hydrogen-bond donors (Lipinski definition) is 3. The van der Waals surface area contributed by atoms with Gasteiger partial charge >= 0.3 is 6.03 Å². The topological polar surface area (TPSA) is 79.5 Å². The quantitative estimate of drug-likeness (QED) is 0.774. The van der Waals surface area contributed by atoms with Gasteiger partial charge < -0.3 is 20.7 Å². The van der Waals surface area contributed by atoms with E-state index in [0.29, 0.717) is 16.9 Å². The number of methoxy groups -OCH3 is 1. The van der Waals surface area contributed by atoms with Crippen LogP contribution in [-0.4, -0.2) is 25.1 Å². The Kier molecular flexibility index (Phi) is 5.94. The fourth-order valence-electron chi connectivity index (χ4n) is 2.13. The van der Waals surface area contributed by atoms with Crippen LogP contribution < -0.4 is 20.7 Å². The van der Waals surface area contributed by atoms with Gasteiger partial charge in [0.05, 0.1) is 12.8 Å². The summed E-state index contributed by atoms with van der Waals surface area (Å²) in [5.74, 6) is -0.644. The lowest BCUT2D eigenvalue weighted by atomic mass is 10.1. The fraction of sp³-hybridized carbons (Fsp3) is 0.222. The predicted molar refractivity (Wildman–Crippen MR) is 94.6 cm³/mol. The molecule has 3 amide bonds. The van der Waals surface area contributed by atoms with E-state index in [1.54, 1.807) is 24.3 Å². The summed E-state index contributed by atoms with van der Waals surface area (Å²) in [6, 6.07) is 9.96. The zero-order chi connectivity index (χ0) is 18.4. The van der Waals surface area contributed by atoms with Gasteiger partial charge in [0.15, 0.2) is 0 Å². The molecule has 0 aliphatic rings. The molecule has 0 heterocycles. The Morgan fingerprint density at radius 3 is 2.52 bits per heavy atom. The van der Waals surface area contributed by atoms with Crippen LogP contribution in [0.1, 0.15) is 24.2 Å². The molecule has 6 nitrogen and oxygen atoms in total. The van der Waals surface area contributed by atoms with Crippen molar-refractivity contribution < 1.29 is 18.7 Å². The second-order valence-corrected chi connectivity index (χ2v) is 5.63. The normalized spacial score (nSPS) is 10.3. The van der Waals surface area contributed by atoms with E-state index >= 15 is 0 Å². The van der Waals surface area contributed by atoms with E-state index in [4.69, 9.17) is 4.74 Å². The Morgan fingerprint density at radius 2 is 1.84 bits per heavy atom. The Bertz CT molecular complexity index is 778. The highest BCUT2D eigenvalue weighted by Crippen LogP contribution is 2.25. The maximum atomic E-state index is 13.2. The van der Waals surface area contributed by atoms with Crippen LogP contribution in [0.4, 0.5) is 20.6 Å². The molecule has 0 aliphatic carbocycles. The number of rotatable bonds is 5. The number of halogens is 1. The maximum Gasteiger partial charge on any atom is 0.319 e. The molecule has 2 aromatic carbocycles. The molecule has 2 rings (SSSR count). The number of nitrogens with one attached hydrogen (secondary N) is 3. The van der Waals surface area contributed by atoms with Gasteiger partial charge in [-0.25, -0.2) is 9.18 Å². The first kappa shape index (κ1) is 18.3. The van der Waals surface area contributed by atoms with Gasteiger partial charge in [-0.2, -0.15) is 0 Å². The van der Waals surface area contributed by atoms with Crippen LogP contribution in [0.15, 0.2) is 42.5 Å². The third-order valence-electron chi connectivity index (χ3n) is 3.21. The van der Waals surface area contributed by atoms with Crippen molar-refractivity contribution in [3.8, 4) is 5.75 Å². The molecule has 0 atom stereocenters. The van der Waals surface area contributed by atoms with Crippen molar-refractivity contribution in [2.75, 3.05) is 17.7 Å². The number of ether oxygens (including phenoxy) is 1. The summed E-state index contributed by atoms with van der Waals surface area (Å²) in [5, 5.41) is 8.01. The monoisotopic (exact) mass is 345 g/mol. The van der Waals surface area contributed by atoms with E-state index in [-0.39, 0.29) is 17.8 Å². The second-order valence-electron chi connectivity index (χ2n) is 5.63. The smallest absolute Gasteiger partial charge is 0.319 e. The van der Waals surface area contributed by atoms with Crippen LogP contribution in [0.5, 0.6) is 5.75 Å². The Hall–Kier alpha value is -3.09. The minimum atomic E-state index is -0.461. The van der Waals surface area contributed by atoms with E-state index < -0.39 is 11.7 Å². The van der Waals surface area contributed by atoms with Gasteiger partial charge in [-0.1, -0.05) is 6.07 Å². The van der Waals surface area contributed by atoms with Crippen LogP contribution >= 0.6 is 0 Å². The van der Waals surface area contributed by atoms with E-state index in [0.717, 1.165) is 0 Å². The number of carbonyl (C=O) groups excluding carboxylic acids is 2. The van der Waals surface area contributed by atoms with Crippen molar-refractivity contribution in [1.29, 1.82) is 0 Å². The third-order valence-corrected chi connectivity index (χ3v) is 3.21. The molecule has 0 saturated heterocycles. The molecule has 132 valence electrons. The average molecular weight is 345 g/mol. The van der Waals surface area contributed by atoms with Gasteiger partial charge in [-0.05, 0) is 44.2 Å². The van der Waals surface area contributed by atoms with Crippen molar-refractivity contribution in [3.63, 3.8) is 0 Å². The zero-order valence-electron chi connectivity index (χ0n) is 14.2. The zero-order valence-corrected chi connectivity index (χ0v) is 14.2. The van der Waals surface area contributed by atoms with Crippen molar-refractivity contribution in [2.24, 2.45) is 0 Å². The van der Waals surface area contributed by atoms with Crippen molar-refractivity contribution in [2.45, 2.75) is 19.9 Å². The van der Waals surface area contributed by atoms with Crippen molar-refractivity contribution in [3.05, 3.63) is 53.8 Å². The average Bonchev–Trinajstić information content (AvgIpc) is 2.55. The summed E-state index contributed by atoms with van der Waals surface area (Å²) in [5.41, 5.74) is 1.18. The molecule has 0 radical (unpaired) electrons. The minimum Gasteiger partial charge on any atom is -0.494 e. The number of carbonyl (C=O) groups is 2. The van der Waals surface area contributed by atoms with Crippen molar-refractivity contribution in [1.82, 2.24) is 5.32 Å². The van der Waals surface area contributed by atoms with Crippen molar-refractivity contribution >= 4 is 23.3 Å². The lowest BCUT2D eigenvalue weighted by Gasteiger charge is -2.12.